The zero-order valence-electron chi connectivity index (χ0n) is 12.7. The monoisotopic (exact) mass is 329 g/mol. The lowest BCUT2D eigenvalue weighted by Gasteiger charge is -2.28. The normalized spacial score (nSPS) is 15.6. The molecule has 0 N–H and O–H groups in total. The number of Topliss-reactive ketones (excluding diaryl/α,β-unsaturated/α-hetero) is 1. The molecule has 0 saturated carbocycles. The molecule has 0 aromatic heterocycles. The highest BCUT2D eigenvalue weighted by Crippen LogP contribution is 2.39. The summed E-state index contributed by atoms with van der Waals surface area (Å²) in [4.78, 5) is 13.4. The first kappa shape index (κ1) is 15.3. The summed E-state index contributed by atoms with van der Waals surface area (Å²) in [6.07, 6.45) is 1.38. The summed E-state index contributed by atoms with van der Waals surface area (Å²) >= 11 is 0. The summed E-state index contributed by atoms with van der Waals surface area (Å²) in [5.41, 5.74) is 1.26. The van der Waals surface area contributed by atoms with Crippen LogP contribution in [-0.2, 0) is 14.6 Å². The summed E-state index contributed by atoms with van der Waals surface area (Å²) in [6.45, 7) is 1.25. The van der Waals surface area contributed by atoms with E-state index in [1.165, 1.54) is 19.2 Å². The second-order valence-electron chi connectivity index (χ2n) is 5.09. The number of para-hydroxylation sites is 1. The van der Waals surface area contributed by atoms with Crippen LogP contribution < -0.4 is 9.64 Å². The number of nitrogens with zero attached hydrogens (tertiary/aromatic N) is 1. The molecule has 0 unspecified atom stereocenters. The number of fused-ring (bicyclic) bond motifs is 1. The Hall–Kier alpha value is -2.60. The number of hydrogen-bond acceptors (Lipinski definition) is 5. The third-order valence-electron chi connectivity index (χ3n) is 3.65. The van der Waals surface area contributed by atoms with Crippen LogP contribution in [0.1, 0.15) is 6.92 Å². The number of carbonyl (C=O) groups excluding carboxylic acids is 1. The molecule has 2 aromatic carbocycles. The quantitative estimate of drug-likeness (QED) is 0.866. The molecule has 0 bridgehead atoms. The molecule has 0 atom stereocenters. The van der Waals surface area contributed by atoms with Crippen molar-refractivity contribution in [1.29, 1.82) is 0 Å². The zero-order valence-corrected chi connectivity index (χ0v) is 13.5. The molecular weight excluding hydrogens is 314 g/mol. The fourth-order valence-corrected chi connectivity index (χ4v) is 4.05. The molecule has 3 rings (SSSR count). The Kier molecular flexibility index (Phi) is 3.69. The van der Waals surface area contributed by atoms with Crippen LogP contribution in [0.3, 0.4) is 0 Å². The number of benzene rings is 2. The van der Waals surface area contributed by atoms with Crippen molar-refractivity contribution in [2.24, 2.45) is 0 Å². The highest BCUT2D eigenvalue weighted by Gasteiger charge is 2.33. The smallest absolute Gasteiger partial charge is 0.213 e. The Morgan fingerprint density at radius 2 is 1.70 bits per heavy atom. The summed E-state index contributed by atoms with van der Waals surface area (Å²) in [5.74, 6) is 0.209. The highest BCUT2D eigenvalue weighted by atomic mass is 32.2. The van der Waals surface area contributed by atoms with Crippen molar-refractivity contribution in [2.75, 3.05) is 12.0 Å². The molecule has 0 fully saturated rings. The second kappa shape index (κ2) is 5.55. The van der Waals surface area contributed by atoms with E-state index in [0.717, 1.165) is 5.69 Å². The maximum atomic E-state index is 12.6. The number of ether oxygens (including phenoxy) is 1. The van der Waals surface area contributed by atoms with Crippen LogP contribution in [0, 0.1) is 0 Å². The van der Waals surface area contributed by atoms with Gasteiger partial charge >= 0.3 is 0 Å². The largest absolute Gasteiger partial charge is 0.497 e. The van der Waals surface area contributed by atoms with Crippen LogP contribution >= 0.6 is 0 Å². The number of methoxy groups -OCH3 is 1. The van der Waals surface area contributed by atoms with Gasteiger partial charge in [-0.1, -0.05) is 12.1 Å². The lowest BCUT2D eigenvalue weighted by molar-refractivity contribution is -0.113. The van der Waals surface area contributed by atoms with Crippen LogP contribution in [0.4, 0.5) is 11.4 Å². The number of hydrogen-bond donors (Lipinski definition) is 0. The summed E-state index contributed by atoms with van der Waals surface area (Å²) in [7, 11) is -2.22. The van der Waals surface area contributed by atoms with E-state index in [9.17, 15) is 13.2 Å². The molecule has 0 radical (unpaired) electrons. The molecule has 0 amide bonds. The van der Waals surface area contributed by atoms with Gasteiger partial charge in [0.2, 0.25) is 9.84 Å². The Balaban J connectivity index is 2.22. The number of ketones is 1. The van der Waals surface area contributed by atoms with Crippen molar-refractivity contribution < 1.29 is 17.9 Å². The van der Waals surface area contributed by atoms with Crippen molar-refractivity contribution in [3.63, 3.8) is 0 Å². The maximum Gasteiger partial charge on any atom is 0.213 e. The third kappa shape index (κ3) is 2.51. The van der Waals surface area contributed by atoms with Crippen molar-refractivity contribution in [3.8, 4) is 5.75 Å². The Morgan fingerprint density at radius 1 is 1.04 bits per heavy atom. The predicted molar refractivity (Wildman–Crippen MR) is 87.5 cm³/mol. The van der Waals surface area contributed by atoms with Crippen molar-refractivity contribution in [2.45, 2.75) is 11.8 Å². The zero-order chi connectivity index (χ0) is 16.6. The van der Waals surface area contributed by atoms with Crippen LogP contribution in [0.5, 0.6) is 5.75 Å². The van der Waals surface area contributed by atoms with Crippen LogP contribution in [0.2, 0.25) is 0 Å². The third-order valence-corrected chi connectivity index (χ3v) is 5.54. The van der Waals surface area contributed by atoms with Crippen LogP contribution in [0.25, 0.3) is 0 Å². The number of anilines is 2. The minimum atomic E-state index is -3.79. The highest BCUT2D eigenvalue weighted by molar-refractivity contribution is 7.96. The molecule has 23 heavy (non-hydrogen) atoms. The van der Waals surface area contributed by atoms with E-state index in [-0.39, 0.29) is 9.80 Å². The van der Waals surface area contributed by atoms with Gasteiger partial charge in [-0.25, -0.2) is 8.42 Å². The van der Waals surface area contributed by atoms with E-state index in [4.69, 9.17) is 4.74 Å². The van der Waals surface area contributed by atoms with Gasteiger partial charge in [0.25, 0.3) is 0 Å². The molecule has 5 nitrogen and oxygen atoms in total. The van der Waals surface area contributed by atoms with Gasteiger partial charge in [-0.05, 0) is 43.3 Å². The standard InChI is InChI=1S/C17H15NO4S/c1-12(19)17-11-18(13-7-9-14(22-2)10-8-13)15-5-3-4-6-16(15)23(17,20)21/h3-11H,1-2H3. The second-order valence-corrected chi connectivity index (χ2v) is 6.98. The Labute approximate surface area is 134 Å². The van der Waals surface area contributed by atoms with E-state index in [2.05, 4.69) is 0 Å². The van der Waals surface area contributed by atoms with Crippen molar-refractivity contribution in [3.05, 3.63) is 59.6 Å². The number of rotatable bonds is 3. The molecule has 1 aliphatic heterocycles. The average Bonchev–Trinajstić information content (AvgIpc) is 2.55. The Morgan fingerprint density at radius 3 is 2.30 bits per heavy atom. The Bertz CT molecular complexity index is 898. The molecule has 0 saturated heterocycles. The van der Waals surface area contributed by atoms with E-state index in [0.29, 0.717) is 11.4 Å². The SMILES string of the molecule is COc1ccc(N2C=C(C(C)=O)S(=O)(=O)c3ccccc32)cc1. The molecule has 6 heteroatoms. The first-order valence-electron chi connectivity index (χ1n) is 6.95. The van der Waals surface area contributed by atoms with E-state index < -0.39 is 15.6 Å². The van der Waals surface area contributed by atoms with E-state index in [1.54, 1.807) is 42.3 Å². The van der Waals surface area contributed by atoms with Crippen molar-refractivity contribution in [1.82, 2.24) is 0 Å². The predicted octanol–water partition coefficient (Wildman–Crippen LogP) is 3.05. The van der Waals surface area contributed by atoms with Gasteiger partial charge in [0.15, 0.2) is 5.78 Å². The molecule has 118 valence electrons. The number of carbonyl (C=O) groups is 1. The number of allylic oxidation sites excluding steroid dienone is 1. The number of sulfone groups is 1. The van der Waals surface area contributed by atoms with Gasteiger partial charge in [0.05, 0.1) is 17.7 Å². The first-order chi connectivity index (χ1) is 10.9. The maximum absolute atomic E-state index is 12.6. The molecule has 0 aliphatic carbocycles. The van der Waals surface area contributed by atoms with Crippen LogP contribution in [-0.4, -0.2) is 21.3 Å². The minimum absolute atomic E-state index is 0.128. The average molecular weight is 329 g/mol. The van der Waals surface area contributed by atoms with Crippen molar-refractivity contribution >= 4 is 27.0 Å². The lowest BCUT2D eigenvalue weighted by Crippen LogP contribution is -2.24. The van der Waals surface area contributed by atoms with Gasteiger partial charge in [0.1, 0.15) is 10.7 Å². The summed E-state index contributed by atoms with van der Waals surface area (Å²) in [5, 5.41) is 0. The van der Waals surface area contributed by atoms with Gasteiger partial charge in [-0.3, -0.25) is 4.79 Å². The van der Waals surface area contributed by atoms with Gasteiger partial charge in [0, 0.05) is 11.9 Å². The summed E-state index contributed by atoms with van der Waals surface area (Å²) in [6, 6.07) is 13.8. The van der Waals surface area contributed by atoms with Gasteiger partial charge < -0.3 is 9.64 Å². The molecule has 1 heterocycles. The lowest BCUT2D eigenvalue weighted by atomic mass is 10.2. The summed E-state index contributed by atoms with van der Waals surface area (Å²) < 4.78 is 30.3. The van der Waals surface area contributed by atoms with Gasteiger partial charge in [-0.2, -0.15) is 0 Å². The minimum Gasteiger partial charge on any atom is -0.497 e. The topological polar surface area (TPSA) is 63.7 Å². The molecule has 2 aromatic rings. The van der Waals surface area contributed by atoms with Crippen LogP contribution in [0.15, 0.2) is 64.5 Å². The fraction of sp³-hybridized carbons (Fsp3) is 0.118. The van der Waals surface area contributed by atoms with E-state index in [1.807, 2.05) is 12.1 Å². The first-order valence-corrected chi connectivity index (χ1v) is 8.43. The molecule has 1 aliphatic rings. The fourth-order valence-electron chi connectivity index (χ4n) is 2.49. The van der Waals surface area contributed by atoms with E-state index >= 15 is 0 Å². The van der Waals surface area contributed by atoms with Gasteiger partial charge in [-0.15, -0.1) is 0 Å². The molecule has 0 spiro atoms. The molecular formula is C17H15NO4S.